The van der Waals surface area contributed by atoms with E-state index in [2.05, 4.69) is 0 Å². The van der Waals surface area contributed by atoms with E-state index in [0.29, 0.717) is 6.42 Å². The van der Waals surface area contributed by atoms with E-state index in [4.69, 9.17) is 34.8 Å². The van der Waals surface area contributed by atoms with Crippen molar-refractivity contribution in [1.29, 1.82) is 0 Å². The highest BCUT2D eigenvalue weighted by Gasteiger charge is 2.17. The van der Waals surface area contributed by atoms with Crippen LogP contribution in [0.4, 0.5) is 0 Å². The molecule has 0 fully saturated rings. The molecule has 0 saturated carbocycles. The van der Waals surface area contributed by atoms with Crippen LogP contribution in [0.5, 0.6) is 0 Å². The molecule has 0 aliphatic heterocycles. The molecule has 0 aliphatic rings. The minimum absolute atomic E-state index is 0.692. The molecule has 110 valence electrons. The number of halogens is 3. The smallest absolute Gasteiger partial charge is 0.0837 e. The predicted octanol–water partition coefficient (Wildman–Crippen LogP) is 5.82. The molecule has 18 heavy (non-hydrogen) atoms. The summed E-state index contributed by atoms with van der Waals surface area (Å²) in [5, 5.41) is 0. The van der Waals surface area contributed by atoms with Crippen molar-refractivity contribution in [3.63, 3.8) is 0 Å². The molecule has 0 rings (SSSR count). The van der Waals surface area contributed by atoms with Crippen molar-refractivity contribution in [2.45, 2.75) is 86.9 Å². The molecular formula is C14H29Cl3Si. The first-order valence-electron chi connectivity index (χ1n) is 7.63. The van der Waals surface area contributed by atoms with Crippen LogP contribution in [0.1, 0.15) is 77.0 Å². The van der Waals surface area contributed by atoms with Gasteiger partial charge in [0.05, 0.1) is 0 Å². The molecule has 4 heteroatoms. The Labute approximate surface area is 132 Å². The molecule has 0 atom stereocenters. The first kappa shape index (κ1) is 19.1. The third-order valence-electron chi connectivity index (χ3n) is 3.31. The maximum Gasteiger partial charge on any atom is 0.190 e. The fourth-order valence-corrected chi connectivity index (χ4v) is 3.07. The fraction of sp³-hybridized carbons (Fsp3) is 1.00. The van der Waals surface area contributed by atoms with E-state index in [1.165, 1.54) is 80.5 Å². The highest BCUT2D eigenvalue weighted by molar-refractivity contribution is 6.67. The van der Waals surface area contributed by atoms with Gasteiger partial charge in [0.25, 0.3) is 0 Å². The van der Waals surface area contributed by atoms with E-state index in [1.54, 1.807) is 0 Å². The van der Waals surface area contributed by atoms with Crippen LogP contribution in [0.25, 0.3) is 0 Å². The molecule has 0 aliphatic carbocycles. The summed E-state index contributed by atoms with van der Waals surface area (Å²) in [6.45, 7) is 0. The van der Waals surface area contributed by atoms with Crippen molar-refractivity contribution in [1.82, 2.24) is 0 Å². The van der Waals surface area contributed by atoms with Gasteiger partial charge >= 0.3 is 0 Å². The van der Waals surface area contributed by atoms with Gasteiger partial charge in [0.1, 0.15) is 0 Å². The Morgan fingerprint density at radius 2 is 0.889 bits per heavy atom. The lowest BCUT2D eigenvalue weighted by Gasteiger charge is -2.09. The van der Waals surface area contributed by atoms with Gasteiger partial charge in [-0.15, -0.1) is 0 Å². The lowest BCUT2D eigenvalue weighted by molar-refractivity contribution is 0.545. The molecule has 0 amide bonds. The number of hydrogen-bond donors (Lipinski definition) is 0. The average Bonchev–Trinajstić information content (AvgIpc) is 2.29. The van der Waals surface area contributed by atoms with Gasteiger partial charge in [-0.3, -0.25) is 0 Å². The van der Waals surface area contributed by atoms with Crippen LogP contribution < -0.4 is 0 Å². The monoisotopic (exact) mass is 330 g/mol. The van der Waals surface area contributed by atoms with Crippen molar-refractivity contribution in [3.05, 3.63) is 0 Å². The van der Waals surface area contributed by atoms with Crippen LogP contribution >= 0.6 is 34.8 Å². The van der Waals surface area contributed by atoms with Crippen LogP contribution in [-0.4, -0.2) is 14.0 Å². The Balaban J connectivity index is 2.99. The maximum absolute atomic E-state index is 5.70. The Morgan fingerprint density at radius 1 is 0.556 bits per heavy atom. The Hall–Kier alpha value is 1.09. The van der Waals surface area contributed by atoms with Crippen LogP contribution in [-0.2, 0) is 0 Å². The zero-order chi connectivity index (χ0) is 13.7. The van der Waals surface area contributed by atoms with E-state index < -0.39 is 3.79 Å². The molecule has 0 radical (unpaired) electrons. The third kappa shape index (κ3) is 17.1. The van der Waals surface area contributed by atoms with E-state index in [0.717, 1.165) is 6.42 Å². The number of alkyl halides is 3. The van der Waals surface area contributed by atoms with Gasteiger partial charge in [-0.1, -0.05) is 105 Å². The molecule has 0 aromatic carbocycles. The normalized spacial score (nSPS) is 12.2. The van der Waals surface area contributed by atoms with E-state index in [-0.39, 0.29) is 0 Å². The summed E-state index contributed by atoms with van der Waals surface area (Å²) in [6.07, 6.45) is 15.6. The molecular weight excluding hydrogens is 303 g/mol. The van der Waals surface area contributed by atoms with Gasteiger partial charge < -0.3 is 0 Å². The van der Waals surface area contributed by atoms with Gasteiger partial charge in [-0.25, -0.2) is 0 Å². The molecule has 0 aromatic heterocycles. The quantitative estimate of drug-likeness (QED) is 0.240. The standard InChI is InChI=1S/C14H29Cl3Si/c15-14(16,17)12-10-8-6-4-2-1-3-5-7-9-11-13-18/h1-13H2,18H3. The van der Waals surface area contributed by atoms with E-state index in [9.17, 15) is 0 Å². The van der Waals surface area contributed by atoms with Gasteiger partial charge in [-0.2, -0.15) is 0 Å². The molecule has 0 nitrogen and oxygen atoms in total. The second kappa shape index (κ2) is 13.1. The minimum Gasteiger partial charge on any atom is -0.0837 e. The highest BCUT2D eigenvalue weighted by atomic mass is 35.6. The molecule has 0 unspecified atom stereocenters. The number of rotatable bonds is 12. The Morgan fingerprint density at radius 3 is 1.22 bits per heavy atom. The molecule has 0 heterocycles. The van der Waals surface area contributed by atoms with E-state index >= 15 is 0 Å². The zero-order valence-electron chi connectivity index (χ0n) is 11.8. The Kier molecular flexibility index (Phi) is 13.9. The molecule has 0 N–H and O–H groups in total. The molecule has 0 spiro atoms. The first-order valence-corrected chi connectivity index (χ1v) is 10.2. The topological polar surface area (TPSA) is 0 Å². The van der Waals surface area contributed by atoms with Crippen LogP contribution in [0.3, 0.4) is 0 Å². The summed E-state index contributed by atoms with van der Waals surface area (Å²) in [4.78, 5) is 0. The van der Waals surface area contributed by atoms with Crippen molar-refractivity contribution < 1.29 is 0 Å². The van der Waals surface area contributed by atoms with Gasteiger partial charge in [0.2, 0.25) is 0 Å². The maximum atomic E-state index is 5.70. The summed E-state index contributed by atoms with van der Waals surface area (Å²) < 4.78 is -1.04. The number of hydrogen-bond acceptors (Lipinski definition) is 0. The van der Waals surface area contributed by atoms with Crippen molar-refractivity contribution >= 4 is 45.0 Å². The van der Waals surface area contributed by atoms with Gasteiger partial charge in [0, 0.05) is 10.2 Å². The first-order chi connectivity index (χ1) is 8.56. The van der Waals surface area contributed by atoms with Gasteiger partial charge in [-0.05, 0) is 12.8 Å². The predicted molar refractivity (Wildman–Crippen MR) is 90.4 cm³/mol. The van der Waals surface area contributed by atoms with Crippen molar-refractivity contribution in [2.24, 2.45) is 0 Å². The van der Waals surface area contributed by atoms with Crippen LogP contribution in [0, 0.1) is 0 Å². The summed E-state index contributed by atoms with van der Waals surface area (Å²) in [5.41, 5.74) is 0. The molecule has 0 saturated heterocycles. The SMILES string of the molecule is [SiH3]CCCCCCCCCCCCCC(Cl)(Cl)Cl. The summed E-state index contributed by atoms with van der Waals surface area (Å²) >= 11 is 17.1. The van der Waals surface area contributed by atoms with E-state index in [1.807, 2.05) is 0 Å². The Bertz CT molecular complexity index is 169. The molecule has 0 bridgehead atoms. The third-order valence-corrected chi connectivity index (χ3v) is 4.59. The fourth-order valence-electron chi connectivity index (χ4n) is 2.17. The second-order valence-electron chi connectivity index (χ2n) is 5.25. The minimum atomic E-state index is -1.04. The van der Waals surface area contributed by atoms with Gasteiger partial charge in [0.15, 0.2) is 3.79 Å². The zero-order valence-corrected chi connectivity index (χ0v) is 16.1. The summed E-state index contributed by atoms with van der Waals surface area (Å²) in [5.74, 6) is 0. The van der Waals surface area contributed by atoms with Crippen LogP contribution in [0.2, 0.25) is 6.04 Å². The lowest BCUT2D eigenvalue weighted by Crippen LogP contribution is -2.00. The van der Waals surface area contributed by atoms with Crippen molar-refractivity contribution in [3.8, 4) is 0 Å². The van der Waals surface area contributed by atoms with Crippen LogP contribution in [0.15, 0.2) is 0 Å². The van der Waals surface area contributed by atoms with Crippen molar-refractivity contribution in [2.75, 3.05) is 0 Å². The summed E-state index contributed by atoms with van der Waals surface area (Å²) in [7, 11) is 1.38. The lowest BCUT2D eigenvalue weighted by atomic mass is 10.1. The average molecular weight is 332 g/mol. The highest BCUT2D eigenvalue weighted by Crippen LogP contribution is 2.32. The second-order valence-corrected chi connectivity index (χ2v) is 8.77. The summed E-state index contributed by atoms with van der Waals surface area (Å²) in [6, 6.07) is 1.48. The largest absolute Gasteiger partial charge is 0.190 e. The molecule has 0 aromatic rings. The number of unbranched alkanes of at least 4 members (excludes halogenated alkanes) is 10.